The molecule has 22 heavy (non-hydrogen) atoms. The second-order valence-corrected chi connectivity index (χ2v) is 8.81. The molecule has 2 rings (SSSR count). The van der Waals surface area contributed by atoms with E-state index >= 15 is 0 Å². The molecule has 0 aromatic heterocycles. The molecular formula is C15H20FNO4S. The Balaban J connectivity index is 1.98. The van der Waals surface area contributed by atoms with Crippen LogP contribution in [0.4, 0.5) is 4.39 Å². The molecule has 1 aliphatic carbocycles. The summed E-state index contributed by atoms with van der Waals surface area (Å²) >= 11 is 0. The van der Waals surface area contributed by atoms with Gasteiger partial charge in [-0.15, -0.1) is 0 Å². The molecule has 1 unspecified atom stereocenters. The van der Waals surface area contributed by atoms with Gasteiger partial charge < -0.3 is 10.4 Å². The molecule has 0 bridgehead atoms. The molecule has 0 radical (unpaired) electrons. The number of hydrogen-bond acceptors (Lipinski definition) is 4. The Labute approximate surface area is 129 Å². The van der Waals surface area contributed by atoms with Crippen molar-refractivity contribution >= 4 is 15.7 Å². The summed E-state index contributed by atoms with van der Waals surface area (Å²) in [6.07, 6.45) is 0.165. The number of nitrogens with one attached hydrogen (secondary N) is 1. The zero-order chi connectivity index (χ0) is 16.5. The van der Waals surface area contributed by atoms with Crippen LogP contribution in [0.5, 0.6) is 0 Å². The first-order valence-electron chi connectivity index (χ1n) is 7.11. The fraction of sp³-hybridized carbons (Fsp3) is 0.533. The van der Waals surface area contributed by atoms with Gasteiger partial charge in [0.1, 0.15) is 10.6 Å². The minimum atomic E-state index is -3.53. The van der Waals surface area contributed by atoms with Gasteiger partial charge in [0.25, 0.3) is 0 Å². The zero-order valence-corrected chi connectivity index (χ0v) is 13.4. The standard InChI is InChI=1S/C15H20FNO4S/c1-15(2,22(20,21)12-7-8-12)14(19)17-9-13(18)10-3-5-11(16)6-4-10/h3-6,12-13,18H,7-9H2,1-2H3,(H,17,19). The van der Waals surface area contributed by atoms with E-state index in [1.165, 1.54) is 38.1 Å². The highest BCUT2D eigenvalue weighted by atomic mass is 32.2. The molecule has 0 heterocycles. The molecule has 5 nitrogen and oxygen atoms in total. The van der Waals surface area contributed by atoms with Crippen molar-refractivity contribution in [2.75, 3.05) is 6.54 Å². The number of aliphatic hydroxyl groups excluding tert-OH is 1. The van der Waals surface area contributed by atoms with Crippen molar-refractivity contribution in [2.24, 2.45) is 0 Å². The number of rotatable bonds is 6. The van der Waals surface area contributed by atoms with E-state index in [-0.39, 0.29) is 6.54 Å². The van der Waals surface area contributed by atoms with Crippen molar-refractivity contribution < 1.29 is 22.7 Å². The van der Waals surface area contributed by atoms with Gasteiger partial charge in [-0.3, -0.25) is 4.79 Å². The second kappa shape index (κ2) is 5.96. The van der Waals surface area contributed by atoms with Crippen LogP contribution in [0.3, 0.4) is 0 Å². The van der Waals surface area contributed by atoms with E-state index in [1.54, 1.807) is 0 Å². The van der Waals surface area contributed by atoms with Gasteiger partial charge in [0, 0.05) is 6.54 Å². The number of hydrogen-bond donors (Lipinski definition) is 2. The lowest BCUT2D eigenvalue weighted by Crippen LogP contribution is -2.50. The lowest BCUT2D eigenvalue weighted by atomic mass is 10.1. The molecule has 2 N–H and O–H groups in total. The summed E-state index contributed by atoms with van der Waals surface area (Å²) in [6, 6.07) is 5.25. The Morgan fingerprint density at radius 2 is 1.91 bits per heavy atom. The first kappa shape index (κ1) is 16.9. The van der Waals surface area contributed by atoms with Crippen LogP contribution in [0.25, 0.3) is 0 Å². The summed E-state index contributed by atoms with van der Waals surface area (Å²) in [5.74, 6) is -1.06. The average molecular weight is 329 g/mol. The Morgan fingerprint density at radius 1 is 1.36 bits per heavy atom. The average Bonchev–Trinajstić information content (AvgIpc) is 3.29. The van der Waals surface area contributed by atoms with Gasteiger partial charge in [-0.1, -0.05) is 12.1 Å². The molecule has 7 heteroatoms. The Bertz CT molecular complexity index is 651. The fourth-order valence-corrected chi connectivity index (χ4v) is 4.05. The Morgan fingerprint density at radius 3 is 2.41 bits per heavy atom. The second-order valence-electron chi connectivity index (χ2n) is 6.03. The van der Waals surface area contributed by atoms with Gasteiger partial charge in [0.05, 0.1) is 11.4 Å². The van der Waals surface area contributed by atoms with E-state index in [4.69, 9.17) is 0 Å². The predicted molar refractivity (Wildman–Crippen MR) is 80.4 cm³/mol. The Hall–Kier alpha value is -1.47. The predicted octanol–water partition coefficient (Wildman–Crippen LogP) is 1.33. The lowest BCUT2D eigenvalue weighted by molar-refractivity contribution is -0.123. The van der Waals surface area contributed by atoms with Crippen molar-refractivity contribution in [2.45, 2.75) is 42.8 Å². The van der Waals surface area contributed by atoms with Gasteiger partial charge in [0.15, 0.2) is 9.84 Å². The van der Waals surface area contributed by atoms with Crippen molar-refractivity contribution in [1.82, 2.24) is 5.32 Å². The number of benzene rings is 1. The summed E-state index contributed by atoms with van der Waals surface area (Å²) in [4.78, 5) is 12.2. The van der Waals surface area contributed by atoms with Crippen molar-refractivity contribution in [1.29, 1.82) is 0 Å². The van der Waals surface area contributed by atoms with Crippen LogP contribution in [0.15, 0.2) is 24.3 Å². The number of amides is 1. The molecule has 1 aromatic carbocycles. The van der Waals surface area contributed by atoms with Gasteiger partial charge in [0.2, 0.25) is 5.91 Å². The molecule has 122 valence electrons. The maximum Gasteiger partial charge on any atom is 0.240 e. The molecular weight excluding hydrogens is 309 g/mol. The highest BCUT2D eigenvalue weighted by Crippen LogP contribution is 2.36. The van der Waals surface area contributed by atoms with E-state index in [0.29, 0.717) is 18.4 Å². The summed E-state index contributed by atoms with van der Waals surface area (Å²) in [6.45, 7) is 2.62. The summed E-state index contributed by atoms with van der Waals surface area (Å²) in [5.41, 5.74) is 0.449. The zero-order valence-electron chi connectivity index (χ0n) is 12.5. The van der Waals surface area contributed by atoms with Gasteiger partial charge in [-0.25, -0.2) is 12.8 Å². The SMILES string of the molecule is CC(C)(C(=O)NCC(O)c1ccc(F)cc1)S(=O)(=O)C1CC1. The first-order valence-corrected chi connectivity index (χ1v) is 8.66. The molecule has 1 atom stereocenters. The minimum absolute atomic E-state index is 0.131. The third kappa shape index (κ3) is 3.30. The molecule has 1 aromatic rings. The molecule has 1 aliphatic rings. The Kier molecular flexibility index (Phi) is 4.58. The number of aliphatic hydroxyl groups is 1. The third-order valence-corrected chi connectivity index (χ3v) is 6.89. The maximum absolute atomic E-state index is 12.8. The summed E-state index contributed by atoms with van der Waals surface area (Å²) in [5, 5.41) is 12.0. The quantitative estimate of drug-likeness (QED) is 0.825. The largest absolute Gasteiger partial charge is 0.387 e. The third-order valence-electron chi connectivity index (χ3n) is 3.93. The highest BCUT2D eigenvalue weighted by Gasteiger charge is 2.50. The molecule has 0 spiro atoms. The van der Waals surface area contributed by atoms with Crippen LogP contribution in [0, 0.1) is 5.82 Å². The van der Waals surface area contributed by atoms with E-state index in [0.717, 1.165) is 0 Å². The first-order chi connectivity index (χ1) is 10.2. The number of halogens is 1. The summed E-state index contributed by atoms with van der Waals surface area (Å²) < 4.78 is 35.8. The van der Waals surface area contributed by atoms with Crippen LogP contribution >= 0.6 is 0 Å². The molecule has 0 aliphatic heterocycles. The number of carbonyl (C=O) groups excluding carboxylic acids is 1. The number of carbonyl (C=O) groups is 1. The molecule has 1 saturated carbocycles. The highest BCUT2D eigenvalue weighted by molar-refractivity contribution is 7.94. The van der Waals surface area contributed by atoms with E-state index in [9.17, 15) is 22.7 Å². The van der Waals surface area contributed by atoms with Crippen molar-refractivity contribution in [3.05, 3.63) is 35.6 Å². The molecule has 0 saturated heterocycles. The van der Waals surface area contributed by atoms with Crippen LogP contribution in [0.2, 0.25) is 0 Å². The normalized spacial score (nSPS) is 17.1. The van der Waals surface area contributed by atoms with Crippen LogP contribution in [0.1, 0.15) is 38.4 Å². The van der Waals surface area contributed by atoms with Gasteiger partial charge in [-0.2, -0.15) is 0 Å². The summed E-state index contributed by atoms with van der Waals surface area (Å²) in [7, 11) is -3.53. The lowest BCUT2D eigenvalue weighted by Gasteiger charge is -2.24. The van der Waals surface area contributed by atoms with Gasteiger partial charge >= 0.3 is 0 Å². The van der Waals surface area contributed by atoms with E-state index in [1.807, 2.05) is 0 Å². The number of sulfone groups is 1. The van der Waals surface area contributed by atoms with Gasteiger partial charge in [-0.05, 0) is 44.4 Å². The minimum Gasteiger partial charge on any atom is -0.387 e. The molecule has 1 amide bonds. The van der Waals surface area contributed by atoms with Crippen LogP contribution in [-0.4, -0.2) is 36.0 Å². The van der Waals surface area contributed by atoms with E-state index in [2.05, 4.69) is 5.32 Å². The van der Waals surface area contributed by atoms with Crippen LogP contribution < -0.4 is 5.32 Å². The molecule has 1 fully saturated rings. The monoisotopic (exact) mass is 329 g/mol. The van der Waals surface area contributed by atoms with Crippen LogP contribution in [-0.2, 0) is 14.6 Å². The van der Waals surface area contributed by atoms with Crippen molar-refractivity contribution in [3.8, 4) is 0 Å². The maximum atomic E-state index is 12.8. The smallest absolute Gasteiger partial charge is 0.240 e. The van der Waals surface area contributed by atoms with E-state index < -0.39 is 37.7 Å². The van der Waals surface area contributed by atoms with Crippen molar-refractivity contribution in [3.63, 3.8) is 0 Å². The fourth-order valence-electron chi connectivity index (χ4n) is 2.13. The topological polar surface area (TPSA) is 83.5 Å².